The van der Waals surface area contributed by atoms with Gasteiger partial charge in [0.2, 0.25) is 0 Å². The number of esters is 1. The Morgan fingerprint density at radius 1 is 0.676 bits per heavy atom. The summed E-state index contributed by atoms with van der Waals surface area (Å²) in [5.74, 6) is -36.8. The summed E-state index contributed by atoms with van der Waals surface area (Å²) < 4.78 is 243. The quantitative estimate of drug-likeness (QED) is 0.182. The number of hydrogen-bond donors (Lipinski definition) is 1. The number of carbonyl (C=O) groups is 1. The van der Waals surface area contributed by atoms with E-state index >= 15 is 0 Å². The van der Waals surface area contributed by atoms with Gasteiger partial charge in [0.25, 0.3) is 10.0 Å². The first kappa shape index (κ1) is 31.9. The molecule has 0 bridgehead atoms. The maximum absolute atomic E-state index is 13.5. The van der Waals surface area contributed by atoms with Gasteiger partial charge < -0.3 is 4.74 Å². The van der Waals surface area contributed by atoms with E-state index in [2.05, 4.69) is 11.3 Å². The fourth-order valence-electron chi connectivity index (χ4n) is 1.45. The van der Waals surface area contributed by atoms with Crippen molar-refractivity contribution in [2.24, 2.45) is 0 Å². The number of carbonyl (C=O) groups excluding carboxylic acids is 1. The van der Waals surface area contributed by atoms with Crippen LogP contribution in [0.3, 0.4) is 0 Å². The highest BCUT2D eigenvalue weighted by atomic mass is 32.2. The Morgan fingerprint density at radius 2 is 1.03 bits per heavy atom. The summed E-state index contributed by atoms with van der Waals surface area (Å²) in [6, 6.07) is -6.97. The SMILES string of the molecule is C=CC(=O)OC(F)(F)C(F)(F)NS(=O)(=O)C(F)(F)C(F)(F)C(F)(F)C(F)(F)C(F)(F)C(F)(F)F. The molecule has 0 unspecified atom stereocenters. The van der Waals surface area contributed by atoms with Crippen molar-refractivity contribution in [2.45, 2.75) is 47.3 Å². The molecule has 34 heavy (non-hydrogen) atoms. The molecule has 0 aromatic carbocycles. The van der Waals surface area contributed by atoms with E-state index in [4.69, 9.17) is 0 Å². The summed E-state index contributed by atoms with van der Waals surface area (Å²) in [6.45, 7) is 2.35. The van der Waals surface area contributed by atoms with Crippen LogP contribution in [0.25, 0.3) is 0 Å². The van der Waals surface area contributed by atoms with Crippen LogP contribution in [0.1, 0.15) is 0 Å². The zero-order valence-corrected chi connectivity index (χ0v) is 15.6. The van der Waals surface area contributed by atoms with Gasteiger partial charge in [0.1, 0.15) is 0 Å². The molecule has 23 heteroatoms. The second-order valence-corrected chi connectivity index (χ2v) is 7.36. The van der Waals surface area contributed by atoms with Crippen LogP contribution in [0.5, 0.6) is 0 Å². The Kier molecular flexibility index (Phi) is 7.75. The van der Waals surface area contributed by atoms with Crippen molar-refractivity contribution in [3.8, 4) is 0 Å². The van der Waals surface area contributed by atoms with Gasteiger partial charge in [-0.15, -0.1) is 4.72 Å². The van der Waals surface area contributed by atoms with Gasteiger partial charge in [0.15, 0.2) is 0 Å². The lowest BCUT2D eigenvalue weighted by molar-refractivity contribution is -0.433. The largest absolute Gasteiger partial charge is 0.483 e. The number of alkyl halides is 17. The number of sulfonamides is 1. The summed E-state index contributed by atoms with van der Waals surface area (Å²) in [7, 11) is -8.55. The van der Waals surface area contributed by atoms with Gasteiger partial charge in [-0.05, 0) is 0 Å². The number of hydrogen-bond acceptors (Lipinski definition) is 4. The van der Waals surface area contributed by atoms with Crippen LogP contribution in [-0.2, 0) is 19.6 Å². The molecule has 5 nitrogen and oxygen atoms in total. The predicted molar refractivity (Wildman–Crippen MR) is 69.0 cm³/mol. The molecular weight excluding hydrogens is 565 g/mol. The molecule has 0 spiro atoms. The Labute approximate surface area is 174 Å². The normalized spacial score (nSPS) is 15.8. The highest BCUT2D eigenvalue weighted by Crippen LogP contribution is 2.61. The van der Waals surface area contributed by atoms with E-state index < -0.39 is 68.0 Å². The van der Waals surface area contributed by atoms with Crippen LogP contribution in [0, 0.1) is 0 Å². The van der Waals surface area contributed by atoms with E-state index in [-0.39, 0.29) is 6.08 Å². The Bertz CT molecular complexity index is 907. The molecule has 0 aliphatic carbocycles. The maximum atomic E-state index is 13.5. The van der Waals surface area contributed by atoms with Crippen molar-refractivity contribution >= 4 is 16.0 Å². The third kappa shape index (κ3) is 4.58. The lowest BCUT2D eigenvalue weighted by Gasteiger charge is -2.39. The third-order valence-electron chi connectivity index (χ3n) is 3.27. The maximum Gasteiger partial charge on any atom is 0.483 e. The Balaban J connectivity index is 6.64. The van der Waals surface area contributed by atoms with E-state index in [1.807, 2.05) is 0 Å². The minimum Gasteiger partial charge on any atom is -0.392 e. The van der Waals surface area contributed by atoms with Crippen molar-refractivity contribution < 1.29 is 92.6 Å². The van der Waals surface area contributed by atoms with Crippen molar-refractivity contribution in [3.63, 3.8) is 0 Å². The van der Waals surface area contributed by atoms with Gasteiger partial charge in [-0.3, -0.25) is 0 Å². The molecule has 0 fully saturated rings. The van der Waals surface area contributed by atoms with Crippen LogP contribution in [0.2, 0.25) is 0 Å². The smallest absolute Gasteiger partial charge is 0.392 e. The van der Waals surface area contributed by atoms with Crippen molar-refractivity contribution in [1.82, 2.24) is 4.72 Å². The highest BCUT2D eigenvalue weighted by Gasteiger charge is 2.92. The number of halogens is 17. The lowest BCUT2D eigenvalue weighted by atomic mass is 9.98. The first-order valence-electron chi connectivity index (χ1n) is 7.01. The number of nitrogens with one attached hydrogen (secondary N) is 1. The summed E-state index contributed by atoms with van der Waals surface area (Å²) in [5, 5.41) is -8.24. The standard InChI is InChI=1S/C11H4F17NO4S/c1-2-3(30)33-10(25,26)9(23,24)29-34(31,32)11(27,28)7(18,19)5(14,15)4(12,13)6(16,17)8(20,21)22/h2,29H,1H2. The minimum absolute atomic E-state index is 0.343. The number of ether oxygens (including phenoxy) is 1. The molecule has 202 valence electrons. The molecule has 0 saturated heterocycles. The molecule has 0 heterocycles. The van der Waals surface area contributed by atoms with Crippen molar-refractivity contribution in [1.29, 1.82) is 0 Å². The average Bonchev–Trinajstić information content (AvgIpc) is 2.58. The molecule has 0 amide bonds. The van der Waals surface area contributed by atoms with Gasteiger partial charge in [-0.1, -0.05) is 6.58 Å². The molecule has 0 aromatic rings. The van der Waals surface area contributed by atoms with Gasteiger partial charge >= 0.3 is 53.2 Å². The first-order valence-corrected chi connectivity index (χ1v) is 8.50. The molecule has 0 aromatic heterocycles. The Morgan fingerprint density at radius 3 is 1.35 bits per heavy atom. The zero-order chi connectivity index (χ0) is 28.2. The fraction of sp³-hybridized carbons (Fsp3) is 0.727. The van der Waals surface area contributed by atoms with E-state index in [1.165, 1.54) is 0 Å². The fourth-order valence-corrected chi connectivity index (χ4v) is 2.50. The van der Waals surface area contributed by atoms with E-state index in [9.17, 15) is 87.8 Å². The number of rotatable bonds is 10. The van der Waals surface area contributed by atoms with Crippen LogP contribution >= 0.6 is 0 Å². The summed E-state index contributed by atoms with van der Waals surface area (Å²) in [5.41, 5.74) is 0. The van der Waals surface area contributed by atoms with Gasteiger partial charge in [-0.25, -0.2) is 13.2 Å². The Hall–Kier alpha value is -2.07. The summed E-state index contributed by atoms with van der Waals surface area (Å²) in [4.78, 5) is 10.5. The van der Waals surface area contributed by atoms with Gasteiger partial charge in [0.05, 0.1) is 0 Å². The highest BCUT2D eigenvalue weighted by molar-refractivity contribution is 7.90. The molecule has 0 aliphatic heterocycles. The van der Waals surface area contributed by atoms with E-state index in [0.717, 1.165) is 0 Å². The molecular formula is C11H4F17NO4S. The topological polar surface area (TPSA) is 72.5 Å². The molecule has 0 saturated carbocycles. The van der Waals surface area contributed by atoms with Crippen LogP contribution in [0.15, 0.2) is 12.7 Å². The van der Waals surface area contributed by atoms with Crippen LogP contribution in [0.4, 0.5) is 74.6 Å². The minimum atomic E-state index is -8.72. The second kappa shape index (κ2) is 8.26. The van der Waals surface area contributed by atoms with Crippen molar-refractivity contribution in [2.75, 3.05) is 0 Å². The summed E-state index contributed by atoms with van der Waals surface area (Å²) in [6.07, 6.45) is -14.8. The molecule has 0 radical (unpaired) electrons. The van der Waals surface area contributed by atoms with E-state index in [1.54, 1.807) is 0 Å². The zero-order valence-electron chi connectivity index (χ0n) is 14.8. The molecule has 1 N–H and O–H groups in total. The molecule has 0 atom stereocenters. The van der Waals surface area contributed by atoms with Gasteiger partial charge in [0, 0.05) is 6.08 Å². The molecule has 0 aliphatic rings. The van der Waals surface area contributed by atoms with Crippen LogP contribution < -0.4 is 4.72 Å². The third-order valence-corrected chi connectivity index (χ3v) is 4.72. The van der Waals surface area contributed by atoms with Gasteiger partial charge in [-0.2, -0.15) is 74.6 Å². The van der Waals surface area contributed by atoms with Crippen LogP contribution in [-0.4, -0.2) is 61.7 Å². The first-order chi connectivity index (χ1) is 14.4. The molecule has 0 rings (SSSR count). The summed E-state index contributed by atoms with van der Waals surface area (Å²) >= 11 is 0. The van der Waals surface area contributed by atoms with Crippen molar-refractivity contribution in [3.05, 3.63) is 12.7 Å². The predicted octanol–water partition coefficient (Wildman–Crippen LogP) is 4.52. The second-order valence-electron chi connectivity index (χ2n) is 5.63. The average molecular weight is 569 g/mol. The monoisotopic (exact) mass is 569 g/mol. The van der Waals surface area contributed by atoms with E-state index in [0.29, 0.717) is 0 Å². The lowest BCUT2D eigenvalue weighted by Crippen LogP contribution is -2.72.